The quantitative estimate of drug-likeness (QED) is 0.714. The molecule has 2 rings (SSSR count). The van der Waals surface area contributed by atoms with Gasteiger partial charge in [0.25, 0.3) is 0 Å². The van der Waals surface area contributed by atoms with Gasteiger partial charge in [-0.1, -0.05) is 6.42 Å². The second-order valence-corrected chi connectivity index (χ2v) is 5.59. The first kappa shape index (κ1) is 13.3. The summed E-state index contributed by atoms with van der Waals surface area (Å²) >= 11 is 0. The third kappa shape index (κ3) is 5.36. The van der Waals surface area contributed by atoms with Crippen LogP contribution in [-0.4, -0.2) is 50.2 Å². The molecular weight excluding hydrogens is 210 g/mol. The molecule has 0 bridgehead atoms. The van der Waals surface area contributed by atoms with Crippen LogP contribution in [0.5, 0.6) is 0 Å². The molecule has 0 aromatic heterocycles. The van der Waals surface area contributed by atoms with Crippen molar-refractivity contribution < 1.29 is 0 Å². The van der Waals surface area contributed by atoms with E-state index in [2.05, 4.69) is 15.5 Å². The molecular formula is C14H29N3. The van der Waals surface area contributed by atoms with Crippen LogP contribution in [0.4, 0.5) is 0 Å². The zero-order chi connectivity index (χ0) is 11.8. The van der Waals surface area contributed by atoms with Crippen molar-refractivity contribution >= 4 is 0 Å². The van der Waals surface area contributed by atoms with Crippen molar-refractivity contribution in [1.82, 2.24) is 15.5 Å². The first-order valence-electron chi connectivity index (χ1n) is 7.61. The fourth-order valence-electron chi connectivity index (χ4n) is 3.02. The summed E-state index contributed by atoms with van der Waals surface area (Å²) in [6, 6.07) is 0.770. The van der Waals surface area contributed by atoms with Crippen LogP contribution in [0.2, 0.25) is 0 Å². The summed E-state index contributed by atoms with van der Waals surface area (Å²) in [5.74, 6) is 0. The molecule has 1 atom stereocenters. The molecule has 2 fully saturated rings. The highest BCUT2D eigenvalue weighted by atomic mass is 15.1. The minimum Gasteiger partial charge on any atom is -0.317 e. The van der Waals surface area contributed by atoms with Gasteiger partial charge < -0.3 is 15.5 Å². The predicted molar refractivity (Wildman–Crippen MR) is 73.4 cm³/mol. The lowest BCUT2D eigenvalue weighted by molar-refractivity contribution is 0.224. The lowest BCUT2D eigenvalue weighted by Crippen LogP contribution is -2.35. The smallest absolute Gasteiger partial charge is 0.00796 e. The SMILES string of the molecule is C1CCN(CCCNC2CCCNCC2)CC1. The van der Waals surface area contributed by atoms with E-state index in [-0.39, 0.29) is 0 Å². The first-order valence-corrected chi connectivity index (χ1v) is 7.61. The van der Waals surface area contributed by atoms with Gasteiger partial charge in [-0.2, -0.15) is 0 Å². The van der Waals surface area contributed by atoms with Crippen LogP contribution < -0.4 is 10.6 Å². The third-order valence-electron chi connectivity index (χ3n) is 4.11. The summed E-state index contributed by atoms with van der Waals surface area (Å²) in [6.07, 6.45) is 9.61. The van der Waals surface area contributed by atoms with Crippen LogP contribution in [0.1, 0.15) is 44.9 Å². The van der Waals surface area contributed by atoms with E-state index in [1.54, 1.807) is 0 Å². The number of likely N-dealkylation sites (tertiary alicyclic amines) is 1. The average molecular weight is 239 g/mol. The van der Waals surface area contributed by atoms with E-state index in [0.717, 1.165) is 6.04 Å². The highest BCUT2D eigenvalue weighted by Gasteiger charge is 2.12. The number of rotatable bonds is 5. The van der Waals surface area contributed by atoms with Crippen LogP contribution in [0.3, 0.4) is 0 Å². The van der Waals surface area contributed by atoms with E-state index in [4.69, 9.17) is 0 Å². The lowest BCUT2D eigenvalue weighted by Gasteiger charge is -2.26. The van der Waals surface area contributed by atoms with E-state index >= 15 is 0 Å². The maximum absolute atomic E-state index is 3.73. The maximum atomic E-state index is 3.73. The predicted octanol–water partition coefficient (Wildman–Crippen LogP) is 1.59. The number of hydrogen-bond donors (Lipinski definition) is 2. The molecule has 2 aliphatic rings. The standard InChI is InChI=1S/C14H29N3/c1-2-11-17(12-3-1)13-5-9-16-14-6-4-8-15-10-7-14/h14-16H,1-13H2. The first-order chi connectivity index (χ1) is 8.45. The van der Waals surface area contributed by atoms with Crippen molar-refractivity contribution in [3.63, 3.8) is 0 Å². The largest absolute Gasteiger partial charge is 0.317 e. The Bertz CT molecular complexity index is 182. The van der Waals surface area contributed by atoms with Crippen molar-refractivity contribution in [1.29, 1.82) is 0 Å². The summed E-state index contributed by atoms with van der Waals surface area (Å²) in [6.45, 7) is 7.61. The van der Waals surface area contributed by atoms with Gasteiger partial charge in [0.05, 0.1) is 0 Å². The second kappa shape index (κ2) is 8.06. The molecule has 0 aromatic rings. The molecule has 2 aliphatic heterocycles. The molecule has 2 N–H and O–H groups in total. The van der Waals surface area contributed by atoms with Gasteiger partial charge in [-0.05, 0) is 77.8 Å². The fraction of sp³-hybridized carbons (Fsp3) is 1.00. The van der Waals surface area contributed by atoms with Gasteiger partial charge in [0.2, 0.25) is 0 Å². The second-order valence-electron chi connectivity index (χ2n) is 5.59. The number of piperidine rings is 1. The van der Waals surface area contributed by atoms with Crippen LogP contribution in [0, 0.1) is 0 Å². The molecule has 17 heavy (non-hydrogen) atoms. The highest BCUT2D eigenvalue weighted by Crippen LogP contribution is 2.09. The van der Waals surface area contributed by atoms with Gasteiger partial charge in [-0.15, -0.1) is 0 Å². The Labute approximate surface area is 106 Å². The van der Waals surface area contributed by atoms with Crippen molar-refractivity contribution in [3.05, 3.63) is 0 Å². The van der Waals surface area contributed by atoms with E-state index in [0.29, 0.717) is 0 Å². The maximum Gasteiger partial charge on any atom is 0.00796 e. The Morgan fingerprint density at radius 2 is 1.88 bits per heavy atom. The summed E-state index contributed by atoms with van der Waals surface area (Å²) in [7, 11) is 0. The summed E-state index contributed by atoms with van der Waals surface area (Å²) < 4.78 is 0. The zero-order valence-corrected chi connectivity index (χ0v) is 11.2. The molecule has 0 amide bonds. The molecule has 2 saturated heterocycles. The van der Waals surface area contributed by atoms with Crippen LogP contribution in [0.15, 0.2) is 0 Å². The van der Waals surface area contributed by atoms with Gasteiger partial charge >= 0.3 is 0 Å². The van der Waals surface area contributed by atoms with Gasteiger partial charge in [0, 0.05) is 6.04 Å². The molecule has 0 aromatic carbocycles. The zero-order valence-electron chi connectivity index (χ0n) is 11.2. The van der Waals surface area contributed by atoms with Crippen molar-refractivity contribution in [2.75, 3.05) is 39.3 Å². The molecule has 3 nitrogen and oxygen atoms in total. The minimum absolute atomic E-state index is 0.770. The number of hydrogen-bond acceptors (Lipinski definition) is 3. The Morgan fingerprint density at radius 1 is 1.00 bits per heavy atom. The van der Waals surface area contributed by atoms with Gasteiger partial charge in [0.15, 0.2) is 0 Å². The molecule has 0 saturated carbocycles. The normalized spacial score (nSPS) is 27.9. The van der Waals surface area contributed by atoms with Crippen molar-refractivity contribution in [2.45, 2.75) is 51.0 Å². The third-order valence-corrected chi connectivity index (χ3v) is 4.11. The Kier molecular flexibility index (Phi) is 6.32. The summed E-state index contributed by atoms with van der Waals surface area (Å²) in [5.41, 5.74) is 0. The van der Waals surface area contributed by atoms with Crippen LogP contribution in [-0.2, 0) is 0 Å². The Balaban J connectivity index is 1.49. The number of nitrogens with zero attached hydrogens (tertiary/aromatic N) is 1. The Morgan fingerprint density at radius 3 is 2.76 bits per heavy atom. The molecule has 1 unspecified atom stereocenters. The van der Waals surface area contributed by atoms with Crippen molar-refractivity contribution in [2.24, 2.45) is 0 Å². The van der Waals surface area contributed by atoms with Gasteiger partial charge in [0.1, 0.15) is 0 Å². The molecule has 0 spiro atoms. The van der Waals surface area contributed by atoms with Crippen LogP contribution >= 0.6 is 0 Å². The Hall–Kier alpha value is -0.120. The van der Waals surface area contributed by atoms with E-state index in [1.165, 1.54) is 84.2 Å². The molecule has 2 heterocycles. The number of nitrogens with one attached hydrogen (secondary N) is 2. The van der Waals surface area contributed by atoms with Crippen molar-refractivity contribution in [3.8, 4) is 0 Å². The van der Waals surface area contributed by atoms with E-state index in [1.807, 2.05) is 0 Å². The van der Waals surface area contributed by atoms with E-state index in [9.17, 15) is 0 Å². The van der Waals surface area contributed by atoms with E-state index < -0.39 is 0 Å². The van der Waals surface area contributed by atoms with Gasteiger partial charge in [-0.3, -0.25) is 0 Å². The van der Waals surface area contributed by atoms with Gasteiger partial charge in [-0.25, -0.2) is 0 Å². The summed E-state index contributed by atoms with van der Waals surface area (Å²) in [4.78, 5) is 2.64. The summed E-state index contributed by atoms with van der Waals surface area (Å²) in [5, 5.41) is 7.21. The highest BCUT2D eigenvalue weighted by molar-refractivity contribution is 4.73. The molecule has 3 heteroatoms. The molecule has 0 radical (unpaired) electrons. The fourth-order valence-corrected chi connectivity index (χ4v) is 3.02. The lowest BCUT2D eigenvalue weighted by atomic mass is 10.1. The molecule has 0 aliphatic carbocycles. The molecule has 100 valence electrons. The van der Waals surface area contributed by atoms with Crippen LogP contribution in [0.25, 0.3) is 0 Å². The average Bonchev–Trinajstić information content (AvgIpc) is 2.65. The topological polar surface area (TPSA) is 27.3 Å². The minimum atomic E-state index is 0.770. The monoisotopic (exact) mass is 239 g/mol.